The lowest BCUT2D eigenvalue weighted by atomic mass is 10.2. The molecule has 96 valence electrons. The number of carboxylic acid groups (broad SMARTS) is 1. The highest BCUT2D eigenvalue weighted by Crippen LogP contribution is 2.19. The van der Waals surface area contributed by atoms with Crippen LogP contribution in [0.5, 0.6) is 0 Å². The van der Waals surface area contributed by atoms with E-state index < -0.39 is 5.97 Å². The molecule has 1 aromatic rings. The molecule has 0 saturated carbocycles. The molecule has 1 N–H and O–H groups in total. The summed E-state index contributed by atoms with van der Waals surface area (Å²) in [5, 5.41) is 8.53. The minimum absolute atomic E-state index is 0.276. The molecule has 1 fully saturated rings. The fraction of sp³-hybridized carbons (Fsp3) is 0.385. The maximum Gasteiger partial charge on any atom is 0.328 e. The molecule has 5 heteroatoms. The van der Waals surface area contributed by atoms with Crippen LogP contribution < -0.4 is 4.90 Å². The lowest BCUT2D eigenvalue weighted by Crippen LogP contribution is -2.22. The second-order valence-electron chi connectivity index (χ2n) is 4.21. The summed E-state index contributed by atoms with van der Waals surface area (Å²) in [7, 11) is 1.72. The Labute approximate surface area is 106 Å². The Morgan fingerprint density at radius 1 is 1.61 bits per heavy atom. The van der Waals surface area contributed by atoms with Gasteiger partial charge in [0.15, 0.2) is 0 Å². The Balaban J connectivity index is 2.02. The number of hydrogen-bond acceptors (Lipinski definition) is 4. The largest absolute Gasteiger partial charge is 0.478 e. The molecule has 2 rings (SSSR count). The summed E-state index contributed by atoms with van der Waals surface area (Å²) in [6, 6.07) is 3.77. The van der Waals surface area contributed by atoms with Crippen molar-refractivity contribution >= 4 is 17.9 Å². The Kier molecular flexibility index (Phi) is 3.94. The number of ether oxygens (including phenoxy) is 1. The summed E-state index contributed by atoms with van der Waals surface area (Å²) in [5.41, 5.74) is 0.781. The summed E-state index contributed by atoms with van der Waals surface area (Å²) < 4.78 is 5.31. The van der Waals surface area contributed by atoms with Crippen molar-refractivity contribution in [1.82, 2.24) is 4.98 Å². The molecule has 0 amide bonds. The number of rotatable bonds is 4. The summed E-state index contributed by atoms with van der Waals surface area (Å²) in [6.07, 6.45) is 5.60. The van der Waals surface area contributed by atoms with Crippen LogP contribution >= 0.6 is 0 Å². The van der Waals surface area contributed by atoms with Crippen molar-refractivity contribution in [2.45, 2.75) is 12.5 Å². The standard InChI is InChI=1S/C13H16N2O3/c1-18-11-6-7-15(9-11)12-4-2-10(8-14-12)3-5-13(16)17/h2-5,8,11H,6-7,9H2,1H3,(H,16,17)/b5-3+. The van der Waals surface area contributed by atoms with E-state index in [-0.39, 0.29) is 6.10 Å². The first-order valence-electron chi connectivity index (χ1n) is 5.84. The Morgan fingerprint density at radius 2 is 2.44 bits per heavy atom. The number of pyridine rings is 1. The molecule has 0 aromatic carbocycles. The predicted molar refractivity (Wildman–Crippen MR) is 68.5 cm³/mol. The van der Waals surface area contributed by atoms with Crippen molar-refractivity contribution in [3.05, 3.63) is 30.0 Å². The fourth-order valence-electron chi connectivity index (χ4n) is 1.98. The van der Waals surface area contributed by atoms with Crippen molar-refractivity contribution < 1.29 is 14.6 Å². The molecular weight excluding hydrogens is 232 g/mol. The van der Waals surface area contributed by atoms with Gasteiger partial charge in [0.25, 0.3) is 0 Å². The van der Waals surface area contributed by atoms with Gasteiger partial charge in [0.05, 0.1) is 6.10 Å². The van der Waals surface area contributed by atoms with Gasteiger partial charge in [-0.3, -0.25) is 0 Å². The highest BCUT2D eigenvalue weighted by Gasteiger charge is 2.22. The topological polar surface area (TPSA) is 62.7 Å². The minimum atomic E-state index is -0.957. The molecule has 1 aliphatic rings. The summed E-state index contributed by atoms with van der Waals surface area (Å²) in [6.45, 7) is 1.80. The van der Waals surface area contributed by atoms with Crippen LogP contribution in [0, 0.1) is 0 Å². The first-order chi connectivity index (χ1) is 8.69. The number of nitrogens with zero attached hydrogens (tertiary/aromatic N) is 2. The summed E-state index contributed by atoms with van der Waals surface area (Å²) >= 11 is 0. The Hall–Kier alpha value is -1.88. The zero-order valence-corrected chi connectivity index (χ0v) is 10.2. The maximum atomic E-state index is 10.4. The number of methoxy groups -OCH3 is 1. The first kappa shape index (κ1) is 12.6. The lowest BCUT2D eigenvalue weighted by Gasteiger charge is -2.16. The van der Waals surface area contributed by atoms with Crippen molar-refractivity contribution in [2.75, 3.05) is 25.1 Å². The molecule has 1 aromatic heterocycles. The number of carboxylic acids is 1. The van der Waals surface area contributed by atoms with E-state index >= 15 is 0 Å². The van der Waals surface area contributed by atoms with Gasteiger partial charge >= 0.3 is 5.97 Å². The summed E-state index contributed by atoms with van der Waals surface area (Å²) in [5.74, 6) is -0.0522. The molecule has 1 unspecified atom stereocenters. The van der Waals surface area contributed by atoms with Crippen LogP contribution in [0.1, 0.15) is 12.0 Å². The van der Waals surface area contributed by atoms with Gasteiger partial charge in [0, 0.05) is 32.5 Å². The lowest BCUT2D eigenvalue weighted by molar-refractivity contribution is -0.131. The van der Waals surface area contributed by atoms with Gasteiger partial charge in [-0.05, 0) is 30.2 Å². The molecule has 0 aliphatic carbocycles. The second kappa shape index (κ2) is 5.64. The van der Waals surface area contributed by atoms with Crippen LogP contribution in [0.15, 0.2) is 24.4 Å². The fourth-order valence-corrected chi connectivity index (χ4v) is 1.98. The van der Waals surface area contributed by atoms with Crippen LogP contribution in [0.25, 0.3) is 6.08 Å². The third kappa shape index (κ3) is 3.07. The quantitative estimate of drug-likeness (QED) is 0.816. The van der Waals surface area contributed by atoms with E-state index in [0.29, 0.717) is 0 Å². The molecular formula is C13H16N2O3. The van der Waals surface area contributed by atoms with E-state index in [1.807, 2.05) is 12.1 Å². The van der Waals surface area contributed by atoms with Crippen molar-refractivity contribution in [3.8, 4) is 0 Å². The van der Waals surface area contributed by atoms with Crippen molar-refractivity contribution in [1.29, 1.82) is 0 Å². The van der Waals surface area contributed by atoms with Gasteiger partial charge in [0.1, 0.15) is 5.82 Å². The maximum absolute atomic E-state index is 10.4. The first-order valence-corrected chi connectivity index (χ1v) is 5.84. The third-order valence-corrected chi connectivity index (χ3v) is 2.99. The van der Waals surface area contributed by atoms with E-state index in [4.69, 9.17) is 9.84 Å². The van der Waals surface area contributed by atoms with E-state index in [1.54, 1.807) is 13.3 Å². The van der Waals surface area contributed by atoms with Gasteiger partial charge in [-0.25, -0.2) is 9.78 Å². The zero-order chi connectivity index (χ0) is 13.0. The predicted octanol–water partition coefficient (Wildman–Crippen LogP) is 1.40. The molecule has 18 heavy (non-hydrogen) atoms. The van der Waals surface area contributed by atoms with Crippen molar-refractivity contribution in [3.63, 3.8) is 0 Å². The second-order valence-corrected chi connectivity index (χ2v) is 4.21. The third-order valence-electron chi connectivity index (χ3n) is 2.99. The molecule has 1 saturated heterocycles. The van der Waals surface area contributed by atoms with Gasteiger partial charge < -0.3 is 14.7 Å². The van der Waals surface area contributed by atoms with E-state index in [1.165, 1.54) is 6.08 Å². The van der Waals surface area contributed by atoms with Gasteiger partial charge in [0.2, 0.25) is 0 Å². The van der Waals surface area contributed by atoms with Crippen LogP contribution in [0.2, 0.25) is 0 Å². The van der Waals surface area contributed by atoms with Crippen molar-refractivity contribution in [2.24, 2.45) is 0 Å². The number of carbonyl (C=O) groups is 1. The molecule has 5 nitrogen and oxygen atoms in total. The average molecular weight is 248 g/mol. The molecule has 0 spiro atoms. The zero-order valence-electron chi connectivity index (χ0n) is 10.2. The molecule has 0 bridgehead atoms. The van der Waals surface area contributed by atoms with Gasteiger partial charge in [-0.1, -0.05) is 0 Å². The normalized spacial score (nSPS) is 19.6. The van der Waals surface area contributed by atoms with E-state index in [0.717, 1.165) is 37.0 Å². The Morgan fingerprint density at radius 3 is 3.00 bits per heavy atom. The van der Waals surface area contributed by atoms with Gasteiger partial charge in [-0.2, -0.15) is 0 Å². The number of anilines is 1. The SMILES string of the molecule is COC1CCN(c2ccc(/C=C/C(=O)O)cn2)C1. The van der Waals surface area contributed by atoms with E-state index in [9.17, 15) is 4.79 Å². The van der Waals surface area contributed by atoms with Crippen LogP contribution in [0.3, 0.4) is 0 Å². The average Bonchev–Trinajstić information content (AvgIpc) is 2.85. The van der Waals surface area contributed by atoms with Crippen LogP contribution in [-0.4, -0.2) is 42.4 Å². The Bertz CT molecular complexity index is 442. The van der Waals surface area contributed by atoms with E-state index in [2.05, 4.69) is 9.88 Å². The van der Waals surface area contributed by atoms with Crippen LogP contribution in [0.4, 0.5) is 5.82 Å². The highest BCUT2D eigenvalue weighted by molar-refractivity contribution is 5.85. The molecule has 0 radical (unpaired) electrons. The minimum Gasteiger partial charge on any atom is -0.478 e. The smallest absolute Gasteiger partial charge is 0.328 e. The molecule has 2 heterocycles. The highest BCUT2D eigenvalue weighted by atomic mass is 16.5. The molecule has 1 atom stereocenters. The summed E-state index contributed by atoms with van der Waals surface area (Å²) in [4.78, 5) is 16.9. The monoisotopic (exact) mass is 248 g/mol. The van der Waals surface area contributed by atoms with Crippen LogP contribution in [-0.2, 0) is 9.53 Å². The number of aliphatic carboxylic acids is 1. The van der Waals surface area contributed by atoms with Gasteiger partial charge in [-0.15, -0.1) is 0 Å². The number of hydrogen-bond donors (Lipinski definition) is 1. The number of aromatic nitrogens is 1. The molecule has 1 aliphatic heterocycles.